The molecule has 12 heteroatoms. The number of hydrogen-bond donors (Lipinski definition) is 1. The molecule has 0 radical (unpaired) electrons. The quantitative estimate of drug-likeness (QED) is 0.297. The van der Waals surface area contributed by atoms with Crippen LogP contribution in [0.15, 0.2) is 53.0 Å². The SMILES string of the molecule is CC(C)(C)OC(=O)N1C(=O)CCC(c2ccc(Br)cc2)C1=O.CC(C)(C)OC(=O)N1C(=O)CCC(c2ccc(N)cc2)C1=O. The zero-order valence-corrected chi connectivity index (χ0v) is 27.3. The van der Waals surface area contributed by atoms with Crippen LogP contribution >= 0.6 is 15.9 Å². The summed E-state index contributed by atoms with van der Waals surface area (Å²) >= 11 is 3.34. The van der Waals surface area contributed by atoms with Gasteiger partial charge in [0.05, 0.1) is 11.8 Å². The van der Waals surface area contributed by atoms with Crippen molar-refractivity contribution in [2.75, 3.05) is 5.73 Å². The Labute approximate surface area is 265 Å². The van der Waals surface area contributed by atoms with Gasteiger partial charge < -0.3 is 15.2 Å². The van der Waals surface area contributed by atoms with Crippen molar-refractivity contribution in [1.82, 2.24) is 9.80 Å². The molecule has 4 rings (SSSR count). The largest absolute Gasteiger partial charge is 0.443 e. The van der Waals surface area contributed by atoms with Crippen molar-refractivity contribution in [2.24, 2.45) is 0 Å². The molecule has 2 fully saturated rings. The third kappa shape index (κ3) is 8.98. The predicted octanol–water partition coefficient (Wildman–Crippen LogP) is 6.05. The van der Waals surface area contributed by atoms with E-state index >= 15 is 0 Å². The molecule has 6 amide bonds. The lowest BCUT2D eigenvalue weighted by molar-refractivity contribution is -0.149. The monoisotopic (exact) mass is 671 g/mol. The summed E-state index contributed by atoms with van der Waals surface area (Å²) < 4.78 is 11.2. The van der Waals surface area contributed by atoms with Crippen LogP contribution in [-0.2, 0) is 28.7 Å². The molecule has 2 aliphatic heterocycles. The topological polar surface area (TPSA) is 153 Å². The van der Waals surface area contributed by atoms with Gasteiger partial charge in [-0.1, -0.05) is 40.2 Å². The van der Waals surface area contributed by atoms with Crippen LogP contribution in [0.5, 0.6) is 0 Å². The molecule has 2 aromatic carbocycles. The molecule has 0 spiro atoms. The number of ether oxygens (including phenoxy) is 2. The number of benzene rings is 2. The number of piperidine rings is 2. The summed E-state index contributed by atoms with van der Waals surface area (Å²) in [5, 5.41) is 0. The molecule has 2 atom stereocenters. The zero-order valence-electron chi connectivity index (χ0n) is 25.7. The third-order valence-corrected chi connectivity index (χ3v) is 7.12. The number of anilines is 1. The lowest BCUT2D eigenvalue weighted by atomic mass is 9.89. The Morgan fingerprint density at radius 2 is 1.02 bits per heavy atom. The summed E-state index contributed by atoms with van der Waals surface area (Å²) in [7, 11) is 0. The lowest BCUT2D eigenvalue weighted by Crippen LogP contribution is -2.49. The second-order valence-corrected chi connectivity index (χ2v) is 13.4. The van der Waals surface area contributed by atoms with Crippen LogP contribution in [0.2, 0.25) is 0 Å². The molecule has 0 aromatic heterocycles. The Balaban J connectivity index is 0.000000240. The number of nitrogens with zero attached hydrogens (tertiary/aromatic N) is 2. The first-order chi connectivity index (χ1) is 20.4. The summed E-state index contributed by atoms with van der Waals surface area (Å²) in [5.41, 5.74) is 6.21. The van der Waals surface area contributed by atoms with Gasteiger partial charge >= 0.3 is 12.2 Å². The van der Waals surface area contributed by atoms with Gasteiger partial charge in [0, 0.05) is 23.0 Å². The molecule has 2 N–H and O–H groups in total. The van der Waals surface area contributed by atoms with Crippen molar-refractivity contribution in [3.05, 3.63) is 64.1 Å². The van der Waals surface area contributed by atoms with Gasteiger partial charge in [-0.3, -0.25) is 19.2 Å². The Hall–Kier alpha value is -4.06. The molecule has 11 nitrogen and oxygen atoms in total. The molecule has 236 valence electrons. The maximum absolute atomic E-state index is 12.5. The van der Waals surface area contributed by atoms with Crippen LogP contribution in [0, 0.1) is 0 Å². The van der Waals surface area contributed by atoms with E-state index in [1.165, 1.54) is 0 Å². The van der Waals surface area contributed by atoms with Gasteiger partial charge in [0.25, 0.3) is 0 Å². The fourth-order valence-corrected chi connectivity index (χ4v) is 4.87. The number of nitrogens with two attached hydrogens (primary N) is 1. The van der Waals surface area contributed by atoms with Gasteiger partial charge in [-0.05, 0) is 89.8 Å². The molecule has 0 bridgehead atoms. The predicted molar refractivity (Wildman–Crippen MR) is 165 cm³/mol. The van der Waals surface area contributed by atoms with Crippen LogP contribution in [0.25, 0.3) is 0 Å². The molecular weight excluding hydrogens is 634 g/mol. The number of nitrogen functional groups attached to an aromatic ring is 1. The van der Waals surface area contributed by atoms with Crippen LogP contribution in [0.1, 0.15) is 90.2 Å². The number of imide groups is 6. The highest BCUT2D eigenvalue weighted by molar-refractivity contribution is 9.10. The maximum atomic E-state index is 12.5. The van der Waals surface area contributed by atoms with Crippen LogP contribution in [0.4, 0.5) is 15.3 Å². The number of amides is 6. The van der Waals surface area contributed by atoms with E-state index in [1.807, 2.05) is 24.3 Å². The molecule has 2 aromatic rings. The van der Waals surface area contributed by atoms with Crippen molar-refractivity contribution in [3.63, 3.8) is 0 Å². The zero-order chi connectivity index (χ0) is 33.0. The van der Waals surface area contributed by atoms with E-state index in [2.05, 4.69) is 15.9 Å². The molecule has 0 aliphatic carbocycles. The number of hydrogen-bond acceptors (Lipinski definition) is 9. The molecular formula is C32H38BrN3O8. The smallest absolute Gasteiger partial charge is 0.424 e. The number of halogens is 1. The number of rotatable bonds is 2. The van der Waals surface area contributed by atoms with E-state index in [1.54, 1.807) is 65.8 Å². The fraction of sp³-hybridized carbons (Fsp3) is 0.438. The number of carbonyl (C=O) groups is 6. The highest BCUT2D eigenvalue weighted by Crippen LogP contribution is 2.32. The van der Waals surface area contributed by atoms with Gasteiger partial charge in [0.1, 0.15) is 11.2 Å². The van der Waals surface area contributed by atoms with Crippen molar-refractivity contribution < 1.29 is 38.2 Å². The van der Waals surface area contributed by atoms with E-state index in [4.69, 9.17) is 15.2 Å². The third-order valence-electron chi connectivity index (χ3n) is 6.59. The van der Waals surface area contributed by atoms with E-state index < -0.39 is 58.9 Å². The van der Waals surface area contributed by atoms with Crippen molar-refractivity contribution in [3.8, 4) is 0 Å². The summed E-state index contributed by atoms with van der Waals surface area (Å²) in [6, 6.07) is 14.1. The molecule has 44 heavy (non-hydrogen) atoms. The minimum Gasteiger partial charge on any atom is -0.443 e. The summed E-state index contributed by atoms with van der Waals surface area (Å²) in [4.78, 5) is 74.5. The first-order valence-corrected chi connectivity index (χ1v) is 15.0. The average molecular weight is 673 g/mol. The van der Waals surface area contributed by atoms with Gasteiger partial charge in [0.15, 0.2) is 0 Å². The average Bonchev–Trinajstić information content (AvgIpc) is 2.89. The highest BCUT2D eigenvalue weighted by atomic mass is 79.9. The van der Waals surface area contributed by atoms with Crippen LogP contribution in [0.3, 0.4) is 0 Å². The van der Waals surface area contributed by atoms with Crippen molar-refractivity contribution >= 4 is 57.4 Å². The molecule has 2 saturated heterocycles. The Bertz CT molecular complexity index is 1320. The standard InChI is InChI=1S/C16H18BrNO4.C16H20N2O4/c2*1-16(2,3)22-15(21)18-13(19)9-8-12(14(18)20)10-4-6-11(17)7-5-10/h4-7,12H,8-9H2,1-3H3;4-7,12H,8-9,17H2,1-3H3. The van der Waals surface area contributed by atoms with Crippen molar-refractivity contribution in [1.29, 1.82) is 0 Å². The molecule has 2 heterocycles. The van der Waals surface area contributed by atoms with Crippen LogP contribution < -0.4 is 5.73 Å². The van der Waals surface area contributed by atoms with E-state index in [0.29, 0.717) is 28.3 Å². The van der Waals surface area contributed by atoms with E-state index in [9.17, 15) is 28.8 Å². The summed E-state index contributed by atoms with van der Waals surface area (Å²) in [6.45, 7) is 10.1. The van der Waals surface area contributed by atoms with Gasteiger partial charge in [0.2, 0.25) is 23.6 Å². The number of carbonyl (C=O) groups excluding carboxylic acids is 6. The Morgan fingerprint density at radius 1 is 0.682 bits per heavy atom. The number of likely N-dealkylation sites (tertiary alicyclic amines) is 2. The van der Waals surface area contributed by atoms with E-state index in [0.717, 1.165) is 15.6 Å². The normalized spacial score (nSPS) is 19.2. The first kappa shape index (κ1) is 34.4. The van der Waals surface area contributed by atoms with Gasteiger partial charge in [-0.15, -0.1) is 0 Å². The maximum Gasteiger partial charge on any atom is 0.424 e. The van der Waals surface area contributed by atoms with Gasteiger partial charge in [-0.2, -0.15) is 9.80 Å². The van der Waals surface area contributed by atoms with Crippen molar-refractivity contribution in [2.45, 2.75) is 90.3 Å². The Kier molecular flexibility index (Phi) is 10.7. The molecule has 2 aliphatic rings. The molecule has 2 unspecified atom stereocenters. The molecule has 0 saturated carbocycles. The second-order valence-electron chi connectivity index (χ2n) is 12.5. The highest BCUT2D eigenvalue weighted by Gasteiger charge is 2.42. The van der Waals surface area contributed by atoms with Crippen LogP contribution in [-0.4, -0.2) is 56.8 Å². The Morgan fingerprint density at radius 3 is 1.36 bits per heavy atom. The minimum absolute atomic E-state index is 0.125. The summed E-state index contributed by atoms with van der Waals surface area (Å²) in [5.74, 6) is -3.13. The van der Waals surface area contributed by atoms with E-state index in [-0.39, 0.29) is 12.8 Å². The summed E-state index contributed by atoms with van der Waals surface area (Å²) in [6.07, 6.45) is -0.766. The minimum atomic E-state index is -0.914. The fourth-order valence-electron chi connectivity index (χ4n) is 4.60. The second kappa shape index (κ2) is 13.7. The lowest BCUT2D eigenvalue weighted by Gasteiger charge is -2.31. The first-order valence-electron chi connectivity index (χ1n) is 14.2. The van der Waals surface area contributed by atoms with Gasteiger partial charge in [-0.25, -0.2) is 9.59 Å².